The van der Waals surface area contributed by atoms with Crippen molar-refractivity contribution in [3.63, 3.8) is 0 Å². The highest BCUT2D eigenvalue weighted by Crippen LogP contribution is 2.28. The molecule has 0 saturated carbocycles. The van der Waals surface area contributed by atoms with Gasteiger partial charge in [-0.05, 0) is 24.3 Å². The van der Waals surface area contributed by atoms with Crippen LogP contribution in [0.4, 0.5) is 10.8 Å². The van der Waals surface area contributed by atoms with Crippen molar-refractivity contribution in [2.45, 2.75) is 0 Å². The number of nitrogens with zero attached hydrogens (tertiary/aromatic N) is 3. The molecule has 0 N–H and O–H groups in total. The lowest BCUT2D eigenvalue weighted by molar-refractivity contribution is -0.0587. The van der Waals surface area contributed by atoms with E-state index in [0.29, 0.717) is 10.2 Å². The molecule has 7 nitrogen and oxygen atoms in total. The lowest BCUT2D eigenvalue weighted by Crippen LogP contribution is -2.32. The van der Waals surface area contributed by atoms with Crippen LogP contribution < -0.4 is 4.90 Å². The van der Waals surface area contributed by atoms with Gasteiger partial charge in [-0.2, -0.15) is 0 Å². The fraction of sp³-hybridized carbons (Fsp3) is 0.0526. The van der Waals surface area contributed by atoms with Gasteiger partial charge in [-0.1, -0.05) is 35.4 Å². The van der Waals surface area contributed by atoms with Crippen LogP contribution in [-0.4, -0.2) is 34.9 Å². The first-order chi connectivity index (χ1) is 13.1. The third kappa shape index (κ3) is 2.96. The Bertz CT molecular complexity index is 1010. The second-order valence-corrected chi connectivity index (χ2v) is 6.58. The molecule has 0 aliphatic carbocycles. The van der Waals surface area contributed by atoms with E-state index in [0.717, 1.165) is 5.69 Å². The molecule has 1 aliphatic heterocycles. The lowest BCUT2D eigenvalue weighted by atomic mass is 10.1. The Kier molecular flexibility index (Phi) is 4.17. The number of fused-ring (bicyclic) bond motifs is 1. The van der Waals surface area contributed by atoms with Crippen molar-refractivity contribution < 1.29 is 19.2 Å². The monoisotopic (exact) mass is 379 g/mol. The summed E-state index contributed by atoms with van der Waals surface area (Å²) in [4.78, 5) is 48.0. The standard InChI is InChI=1S/C19H13N3O4S/c1-21(12-7-3-2-4-8-12)19-20-15(11-27-19)18(25)26-22-16(23)13-9-5-6-10-14(13)17(22)24/h2-11H,1H3. The van der Waals surface area contributed by atoms with Crippen molar-refractivity contribution in [3.05, 3.63) is 76.8 Å². The van der Waals surface area contributed by atoms with E-state index in [9.17, 15) is 14.4 Å². The van der Waals surface area contributed by atoms with E-state index in [1.54, 1.807) is 12.1 Å². The normalized spacial score (nSPS) is 12.9. The molecule has 1 aromatic heterocycles. The first-order valence-electron chi connectivity index (χ1n) is 8.00. The quantitative estimate of drug-likeness (QED) is 0.647. The average molecular weight is 379 g/mol. The smallest absolute Gasteiger partial charge is 0.322 e. The van der Waals surface area contributed by atoms with Crippen molar-refractivity contribution in [2.24, 2.45) is 0 Å². The number of anilines is 2. The van der Waals surface area contributed by atoms with Gasteiger partial charge in [0, 0.05) is 18.1 Å². The molecule has 1 aliphatic rings. The van der Waals surface area contributed by atoms with Gasteiger partial charge >= 0.3 is 5.97 Å². The number of amides is 2. The predicted octanol–water partition coefficient (Wildman–Crippen LogP) is 3.28. The minimum Gasteiger partial charge on any atom is -0.322 e. The van der Waals surface area contributed by atoms with Gasteiger partial charge in [0.2, 0.25) is 0 Å². The van der Waals surface area contributed by atoms with E-state index in [4.69, 9.17) is 4.84 Å². The minimum atomic E-state index is -0.867. The van der Waals surface area contributed by atoms with Gasteiger partial charge < -0.3 is 9.74 Å². The number of rotatable bonds is 4. The second kappa shape index (κ2) is 6.65. The first-order valence-corrected chi connectivity index (χ1v) is 8.88. The number of hydrogen-bond donors (Lipinski definition) is 0. The zero-order chi connectivity index (χ0) is 19.0. The summed E-state index contributed by atoms with van der Waals surface area (Å²) in [6.45, 7) is 0. The van der Waals surface area contributed by atoms with Crippen LogP contribution in [0.3, 0.4) is 0 Å². The van der Waals surface area contributed by atoms with Crippen LogP contribution in [-0.2, 0) is 4.84 Å². The number of imide groups is 1. The molecule has 0 unspecified atom stereocenters. The fourth-order valence-electron chi connectivity index (χ4n) is 2.65. The van der Waals surface area contributed by atoms with E-state index in [-0.39, 0.29) is 16.8 Å². The topological polar surface area (TPSA) is 79.8 Å². The number of benzene rings is 2. The molecular weight excluding hydrogens is 366 g/mol. The van der Waals surface area contributed by atoms with Gasteiger partial charge in [0.25, 0.3) is 11.8 Å². The summed E-state index contributed by atoms with van der Waals surface area (Å²) < 4.78 is 0. The Hall–Kier alpha value is -3.52. The van der Waals surface area contributed by atoms with Crippen LogP contribution in [0.2, 0.25) is 0 Å². The number of hydrogen-bond acceptors (Lipinski definition) is 7. The van der Waals surface area contributed by atoms with Gasteiger partial charge in [-0.3, -0.25) is 9.59 Å². The van der Waals surface area contributed by atoms with E-state index >= 15 is 0 Å². The number of hydroxylamine groups is 2. The molecule has 134 valence electrons. The highest BCUT2D eigenvalue weighted by Gasteiger charge is 2.39. The molecule has 0 atom stereocenters. The van der Waals surface area contributed by atoms with E-state index in [1.165, 1.54) is 28.8 Å². The van der Waals surface area contributed by atoms with Crippen LogP contribution >= 0.6 is 11.3 Å². The number of para-hydroxylation sites is 1. The maximum atomic E-state index is 12.4. The first kappa shape index (κ1) is 16.9. The Morgan fingerprint density at radius 2 is 1.59 bits per heavy atom. The van der Waals surface area contributed by atoms with E-state index in [2.05, 4.69) is 4.98 Å². The number of carbonyl (C=O) groups is 3. The molecule has 0 radical (unpaired) electrons. The van der Waals surface area contributed by atoms with Crippen molar-refractivity contribution in [2.75, 3.05) is 11.9 Å². The Labute approximate surface area is 158 Å². The van der Waals surface area contributed by atoms with Crippen molar-refractivity contribution in [3.8, 4) is 0 Å². The Morgan fingerprint density at radius 1 is 1.00 bits per heavy atom. The SMILES string of the molecule is CN(c1ccccc1)c1nc(C(=O)ON2C(=O)c3ccccc3C2=O)cs1. The largest absolute Gasteiger partial charge is 0.383 e. The summed E-state index contributed by atoms with van der Waals surface area (Å²) in [5.74, 6) is -2.20. The maximum absolute atomic E-state index is 12.4. The number of aromatic nitrogens is 1. The van der Waals surface area contributed by atoms with E-state index < -0.39 is 17.8 Å². The summed E-state index contributed by atoms with van der Waals surface area (Å²) in [5.41, 5.74) is 1.35. The van der Waals surface area contributed by atoms with Crippen LogP contribution in [0.1, 0.15) is 31.2 Å². The van der Waals surface area contributed by atoms with Crippen molar-refractivity contribution in [1.82, 2.24) is 10.0 Å². The molecule has 4 rings (SSSR count). The number of thiazole rings is 1. The molecule has 8 heteroatoms. The fourth-order valence-corrected chi connectivity index (χ4v) is 3.43. The third-order valence-electron chi connectivity index (χ3n) is 4.06. The molecule has 0 fully saturated rings. The second-order valence-electron chi connectivity index (χ2n) is 5.74. The summed E-state index contributed by atoms with van der Waals surface area (Å²) in [7, 11) is 1.83. The molecule has 2 amide bonds. The highest BCUT2D eigenvalue weighted by atomic mass is 32.1. The van der Waals surface area contributed by atoms with Crippen molar-refractivity contribution in [1.29, 1.82) is 0 Å². The predicted molar refractivity (Wildman–Crippen MR) is 99.0 cm³/mol. The zero-order valence-electron chi connectivity index (χ0n) is 14.2. The molecule has 2 heterocycles. The Morgan fingerprint density at radius 3 is 2.22 bits per heavy atom. The number of carbonyl (C=O) groups excluding carboxylic acids is 3. The van der Waals surface area contributed by atoms with Crippen LogP contribution in [0.5, 0.6) is 0 Å². The van der Waals surface area contributed by atoms with Crippen LogP contribution in [0, 0.1) is 0 Å². The van der Waals surface area contributed by atoms with Crippen LogP contribution in [0.25, 0.3) is 0 Å². The molecule has 0 saturated heterocycles. The lowest BCUT2D eigenvalue weighted by Gasteiger charge is -2.15. The summed E-state index contributed by atoms with van der Waals surface area (Å²) >= 11 is 1.25. The summed E-state index contributed by atoms with van der Waals surface area (Å²) in [6.07, 6.45) is 0. The molecule has 0 bridgehead atoms. The average Bonchev–Trinajstić information content (AvgIpc) is 3.29. The van der Waals surface area contributed by atoms with E-state index in [1.807, 2.05) is 42.3 Å². The molecule has 27 heavy (non-hydrogen) atoms. The highest BCUT2D eigenvalue weighted by molar-refractivity contribution is 7.14. The summed E-state index contributed by atoms with van der Waals surface area (Å²) in [5, 5.41) is 2.58. The molecular formula is C19H13N3O4S. The van der Waals surface area contributed by atoms with Crippen molar-refractivity contribution >= 4 is 39.9 Å². The van der Waals surface area contributed by atoms with Gasteiger partial charge in [0.1, 0.15) is 0 Å². The minimum absolute atomic E-state index is 0.0225. The van der Waals surface area contributed by atoms with Gasteiger partial charge in [-0.15, -0.1) is 11.3 Å². The Balaban J connectivity index is 1.51. The zero-order valence-corrected chi connectivity index (χ0v) is 15.0. The molecule has 2 aromatic carbocycles. The van der Waals surface area contributed by atoms with Gasteiger partial charge in [0.05, 0.1) is 11.1 Å². The third-order valence-corrected chi connectivity index (χ3v) is 4.98. The van der Waals surface area contributed by atoms with Gasteiger partial charge in [-0.25, -0.2) is 9.78 Å². The maximum Gasteiger partial charge on any atom is 0.383 e. The molecule has 0 spiro atoms. The van der Waals surface area contributed by atoms with Gasteiger partial charge in [0.15, 0.2) is 10.8 Å². The summed E-state index contributed by atoms with van der Waals surface area (Å²) in [6, 6.07) is 15.8. The molecule has 3 aromatic rings. The van der Waals surface area contributed by atoms with Crippen LogP contribution in [0.15, 0.2) is 60.0 Å².